The van der Waals surface area contributed by atoms with Gasteiger partial charge in [0.2, 0.25) is 5.91 Å². The van der Waals surface area contributed by atoms with E-state index < -0.39 is 0 Å². The first-order valence-corrected chi connectivity index (χ1v) is 10.4. The molecule has 0 saturated carbocycles. The van der Waals surface area contributed by atoms with E-state index in [9.17, 15) is 9.59 Å². The third kappa shape index (κ3) is 6.75. The molecular weight excluding hydrogens is 366 g/mol. The van der Waals surface area contributed by atoms with Crippen LogP contribution in [0.1, 0.15) is 48.4 Å². The molecule has 1 aromatic carbocycles. The highest BCUT2D eigenvalue weighted by molar-refractivity contribution is 5.91. The van der Waals surface area contributed by atoms with Crippen molar-refractivity contribution in [3.8, 4) is 0 Å². The molecule has 1 aliphatic heterocycles. The highest BCUT2D eigenvalue weighted by Crippen LogP contribution is 2.22. The molecule has 6 nitrogen and oxygen atoms in total. The van der Waals surface area contributed by atoms with Gasteiger partial charge >= 0.3 is 0 Å². The van der Waals surface area contributed by atoms with E-state index in [1.54, 1.807) is 12.1 Å². The smallest absolute Gasteiger partial charge is 0.286 e. The van der Waals surface area contributed by atoms with E-state index in [2.05, 4.69) is 53.6 Å². The number of nitrogens with one attached hydrogen (secondary N) is 2. The van der Waals surface area contributed by atoms with E-state index in [1.807, 2.05) is 0 Å². The highest BCUT2D eigenvalue weighted by atomic mass is 16.3. The summed E-state index contributed by atoms with van der Waals surface area (Å²) in [5, 5.41) is 5.56. The summed E-state index contributed by atoms with van der Waals surface area (Å²) < 4.78 is 5.01. The number of hydrogen-bond acceptors (Lipinski definition) is 4. The van der Waals surface area contributed by atoms with Crippen LogP contribution in [0.3, 0.4) is 0 Å². The van der Waals surface area contributed by atoms with E-state index >= 15 is 0 Å². The first kappa shape index (κ1) is 21.1. The number of rotatable bonds is 8. The Balaban J connectivity index is 1.36. The lowest BCUT2D eigenvalue weighted by Crippen LogP contribution is -2.38. The van der Waals surface area contributed by atoms with Crippen molar-refractivity contribution in [2.24, 2.45) is 11.8 Å². The maximum absolute atomic E-state index is 12.0. The molecule has 1 saturated heterocycles. The molecule has 2 heterocycles. The van der Waals surface area contributed by atoms with Crippen molar-refractivity contribution in [1.29, 1.82) is 0 Å². The van der Waals surface area contributed by atoms with Gasteiger partial charge in [0.15, 0.2) is 5.76 Å². The van der Waals surface area contributed by atoms with Crippen molar-refractivity contribution >= 4 is 11.8 Å². The number of carbonyl (C=O) groups is 2. The average molecular weight is 398 g/mol. The number of piperidine rings is 1. The third-order valence-electron chi connectivity index (χ3n) is 5.25. The lowest BCUT2D eigenvalue weighted by atomic mass is 9.91. The summed E-state index contributed by atoms with van der Waals surface area (Å²) in [4.78, 5) is 26.3. The minimum Gasteiger partial charge on any atom is -0.459 e. The second-order valence-electron chi connectivity index (χ2n) is 8.22. The summed E-state index contributed by atoms with van der Waals surface area (Å²) >= 11 is 0. The van der Waals surface area contributed by atoms with Crippen LogP contribution in [-0.2, 0) is 17.9 Å². The summed E-state index contributed by atoms with van der Waals surface area (Å²) in [5.74, 6) is 1.37. The second-order valence-corrected chi connectivity index (χ2v) is 8.22. The maximum atomic E-state index is 12.0. The number of hydrogen-bond donors (Lipinski definition) is 2. The van der Waals surface area contributed by atoms with Crippen molar-refractivity contribution in [2.75, 3.05) is 19.6 Å². The average Bonchev–Trinajstić information content (AvgIpc) is 3.21. The fourth-order valence-corrected chi connectivity index (χ4v) is 4.02. The molecule has 2 N–H and O–H groups in total. The Morgan fingerprint density at radius 3 is 2.38 bits per heavy atom. The molecule has 0 spiro atoms. The van der Waals surface area contributed by atoms with Crippen LogP contribution >= 0.6 is 0 Å². The van der Waals surface area contributed by atoms with Crippen LogP contribution in [0.15, 0.2) is 47.1 Å². The molecule has 2 amide bonds. The standard InChI is InChI=1S/C23H31N3O3/c1-17-12-18(2)15-26(14-17)16-20-7-5-19(6-8-20)13-25-22(27)9-10-24-23(28)21-4-3-11-29-21/h3-8,11,17-18H,9-10,12-16H2,1-2H3,(H,24,28)(H,25,27)/t17-,18-/m0/s1. The number of amides is 2. The Morgan fingerprint density at radius 2 is 1.72 bits per heavy atom. The quantitative estimate of drug-likeness (QED) is 0.717. The molecule has 0 aliphatic carbocycles. The Labute approximate surface area is 172 Å². The third-order valence-corrected chi connectivity index (χ3v) is 5.25. The van der Waals surface area contributed by atoms with Crippen LogP contribution in [-0.4, -0.2) is 36.3 Å². The molecular formula is C23H31N3O3. The molecule has 2 aromatic rings. The van der Waals surface area contributed by atoms with Gasteiger partial charge in [-0.05, 0) is 41.5 Å². The molecule has 156 valence electrons. The van der Waals surface area contributed by atoms with E-state index in [1.165, 1.54) is 31.3 Å². The molecule has 0 radical (unpaired) electrons. The zero-order valence-corrected chi connectivity index (χ0v) is 17.3. The largest absolute Gasteiger partial charge is 0.459 e. The van der Waals surface area contributed by atoms with Gasteiger partial charge in [0.05, 0.1) is 6.26 Å². The lowest BCUT2D eigenvalue weighted by molar-refractivity contribution is -0.121. The minimum atomic E-state index is -0.309. The van der Waals surface area contributed by atoms with Crippen molar-refractivity contribution in [2.45, 2.75) is 39.8 Å². The highest BCUT2D eigenvalue weighted by Gasteiger charge is 2.21. The van der Waals surface area contributed by atoms with Crippen LogP contribution in [0, 0.1) is 11.8 Å². The molecule has 2 atom stereocenters. The SMILES string of the molecule is C[C@H]1C[C@H](C)CN(Cc2ccc(CNC(=O)CCNC(=O)c3ccco3)cc2)C1. The van der Waals surface area contributed by atoms with E-state index in [-0.39, 0.29) is 30.5 Å². The Morgan fingerprint density at radius 1 is 1.03 bits per heavy atom. The van der Waals surface area contributed by atoms with Gasteiger partial charge in [0.1, 0.15) is 0 Å². The van der Waals surface area contributed by atoms with Crippen LogP contribution in [0.5, 0.6) is 0 Å². The zero-order valence-electron chi connectivity index (χ0n) is 17.3. The topological polar surface area (TPSA) is 74.6 Å². The number of benzene rings is 1. The van der Waals surface area contributed by atoms with E-state index in [0.717, 1.165) is 23.9 Å². The molecule has 3 rings (SSSR count). The van der Waals surface area contributed by atoms with Crippen LogP contribution in [0.2, 0.25) is 0 Å². The molecule has 1 fully saturated rings. The van der Waals surface area contributed by atoms with Gasteiger partial charge in [-0.1, -0.05) is 38.1 Å². The maximum Gasteiger partial charge on any atom is 0.286 e. The fraction of sp³-hybridized carbons (Fsp3) is 0.478. The zero-order chi connectivity index (χ0) is 20.6. The summed E-state index contributed by atoms with van der Waals surface area (Å²) in [6.45, 7) is 8.74. The van der Waals surface area contributed by atoms with Crippen LogP contribution in [0.4, 0.5) is 0 Å². The van der Waals surface area contributed by atoms with Crippen LogP contribution < -0.4 is 10.6 Å². The molecule has 1 aliphatic rings. The van der Waals surface area contributed by atoms with Crippen LogP contribution in [0.25, 0.3) is 0 Å². The summed E-state index contributed by atoms with van der Waals surface area (Å²) in [7, 11) is 0. The predicted molar refractivity (Wildman–Crippen MR) is 112 cm³/mol. The lowest BCUT2D eigenvalue weighted by Gasteiger charge is -2.35. The Hall–Kier alpha value is -2.60. The van der Waals surface area contributed by atoms with E-state index in [4.69, 9.17) is 4.42 Å². The van der Waals surface area contributed by atoms with Gasteiger partial charge in [-0.25, -0.2) is 0 Å². The van der Waals surface area contributed by atoms with Gasteiger partial charge in [-0.15, -0.1) is 0 Å². The predicted octanol–water partition coefficient (Wildman–Crippen LogP) is 3.19. The molecule has 1 aromatic heterocycles. The van der Waals surface area contributed by atoms with Gasteiger partial charge in [0, 0.05) is 39.1 Å². The number of furan rings is 1. The molecule has 0 unspecified atom stereocenters. The van der Waals surface area contributed by atoms with Gasteiger partial charge < -0.3 is 15.1 Å². The first-order valence-electron chi connectivity index (χ1n) is 10.4. The van der Waals surface area contributed by atoms with Crippen molar-refractivity contribution < 1.29 is 14.0 Å². The second kappa shape index (κ2) is 10.3. The van der Waals surface area contributed by atoms with Crippen molar-refractivity contribution in [1.82, 2.24) is 15.5 Å². The molecule has 0 bridgehead atoms. The Bertz CT molecular complexity index is 776. The fourth-order valence-electron chi connectivity index (χ4n) is 4.02. The Kier molecular flexibility index (Phi) is 7.47. The van der Waals surface area contributed by atoms with Gasteiger partial charge in [-0.3, -0.25) is 14.5 Å². The minimum absolute atomic E-state index is 0.0925. The number of likely N-dealkylation sites (tertiary alicyclic amines) is 1. The summed E-state index contributed by atoms with van der Waals surface area (Å²) in [5.41, 5.74) is 2.38. The van der Waals surface area contributed by atoms with Gasteiger partial charge in [-0.2, -0.15) is 0 Å². The molecule has 6 heteroatoms. The first-order chi connectivity index (χ1) is 14.0. The number of carbonyl (C=O) groups excluding carboxylic acids is 2. The summed E-state index contributed by atoms with van der Waals surface area (Å²) in [6, 6.07) is 11.7. The van der Waals surface area contributed by atoms with Crippen molar-refractivity contribution in [3.05, 3.63) is 59.5 Å². The van der Waals surface area contributed by atoms with Gasteiger partial charge in [0.25, 0.3) is 5.91 Å². The summed E-state index contributed by atoms with van der Waals surface area (Å²) in [6.07, 6.45) is 3.00. The monoisotopic (exact) mass is 397 g/mol. The van der Waals surface area contributed by atoms with E-state index in [0.29, 0.717) is 6.54 Å². The van der Waals surface area contributed by atoms with Crippen molar-refractivity contribution in [3.63, 3.8) is 0 Å². The number of nitrogens with zero attached hydrogens (tertiary/aromatic N) is 1. The normalized spacial score (nSPS) is 19.7. The molecule has 29 heavy (non-hydrogen) atoms.